The summed E-state index contributed by atoms with van der Waals surface area (Å²) in [6.07, 6.45) is 13.7. The Balaban J connectivity index is 1.90. The van der Waals surface area contributed by atoms with Crippen molar-refractivity contribution in [3.05, 3.63) is 36.5 Å². The standard InChI is InChI=1S/C43H74O10/c1-9-32-15-13-11-12-14-16-35(45)30(6)36(46)24-33(50-8)25-37(47)31(7)42(49)28(4)17-20-41(48)51-40-26-43(52-38(19-18-32)34(40)10-2)22-21-27(3)39(53-43)23-29(5)44/h11-13,15,17,20,27-40,42,44-47,49H,9-10,14,16,18-19,21-26H2,1-8H3. The van der Waals surface area contributed by atoms with Crippen LogP contribution in [0.2, 0.25) is 0 Å². The van der Waals surface area contributed by atoms with Crippen molar-refractivity contribution in [2.75, 3.05) is 7.11 Å². The van der Waals surface area contributed by atoms with Gasteiger partial charge in [-0.3, -0.25) is 0 Å². The van der Waals surface area contributed by atoms with Gasteiger partial charge in [0.05, 0.1) is 48.8 Å². The van der Waals surface area contributed by atoms with Crippen LogP contribution in [0.5, 0.6) is 0 Å². The Morgan fingerprint density at radius 2 is 1.57 bits per heavy atom. The van der Waals surface area contributed by atoms with Gasteiger partial charge in [0.25, 0.3) is 0 Å². The van der Waals surface area contributed by atoms with Crippen LogP contribution in [0.4, 0.5) is 0 Å². The number of fused-ring (bicyclic) bond motifs is 2. The zero-order chi connectivity index (χ0) is 39.3. The van der Waals surface area contributed by atoms with E-state index >= 15 is 0 Å². The first-order chi connectivity index (χ1) is 25.1. The van der Waals surface area contributed by atoms with Gasteiger partial charge in [0.1, 0.15) is 6.10 Å². The summed E-state index contributed by atoms with van der Waals surface area (Å²) in [5.41, 5.74) is 0. The maximum Gasteiger partial charge on any atom is 0.330 e. The molecule has 3 aliphatic heterocycles. The Kier molecular flexibility index (Phi) is 19.2. The van der Waals surface area contributed by atoms with Crippen LogP contribution in [0, 0.1) is 35.5 Å². The number of allylic oxidation sites excluding steroid dienone is 4. The second kappa shape index (κ2) is 22.2. The van der Waals surface area contributed by atoms with Crippen LogP contribution in [-0.4, -0.2) is 99.3 Å². The monoisotopic (exact) mass is 751 g/mol. The molecule has 16 atom stereocenters. The molecule has 53 heavy (non-hydrogen) atoms. The molecule has 1 spiro atoms. The maximum atomic E-state index is 13.5. The van der Waals surface area contributed by atoms with E-state index in [2.05, 4.69) is 32.9 Å². The van der Waals surface area contributed by atoms with Gasteiger partial charge in [0.15, 0.2) is 5.79 Å². The summed E-state index contributed by atoms with van der Waals surface area (Å²) in [5, 5.41) is 54.3. The van der Waals surface area contributed by atoms with Gasteiger partial charge >= 0.3 is 5.97 Å². The van der Waals surface area contributed by atoms with Crippen molar-refractivity contribution in [2.24, 2.45) is 35.5 Å². The van der Waals surface area contributed by atoms with Crippen molar-refractivity contribution in [1.82, 2.24) is 0 Å². The minimum atomic E-state index is -0.952. The first kappa shape index (κ1) is 45.8. The molecule has 2 fully saturated rings. The van der Waals surface area contributed by atoms with Crippen molar-refractivity contribution in [2.45, 2.75) is 186 Å². The highest BCUT2D eigenvalue weighted by molar-refractivity contribution is 5.82. The van der Waals surface area contributed by atoms with Crippen LogP contribution in [0.1, 0.15) is 126 Å². The van der Waals surface area contributed by atoms with Crippen molar-refractivity contribution < 1.29 is 49.3 Å². The van der Waals surface area contributed by atoms with Crippen LogP contribution in [0.15, 0.2) is 36.5 Å². The summed E-state index contributed by atoms with van der Waals surface area (Å²) < 4.78 is 25.6. The number of methoxy groups -OCH3 is 1. The average molecular weight is 751 g/mol. The van der Waals surface area contributed by atoms with E-state index in [4.69, 9.17) is 18.9 Å². The van der Waals surface area contributed by atoms with Gasteiger partial charge in [0, 0.05) is 49.7 Å². The number of hydrogen-bond donors (Lipinski definition) is 5. The minimum absolute atomic E-state index is 0.0321. The fourth-order valence-electron chi connectivity index (χ4n) is 8.47. The Bertz CT molecular complexity index is 1160. The predicted octanol–water partition coefficient (Wildman–Crippen LogP) is 6.41. The number of aliphatic hydroxyl groups excluding tert-OH is 5. The molecule has 2 bridgehead atoms. The summed E-state index contributed by atoms with van der Waals surface area (Å²) in [7, 11) is 1.53. The summed E-state index contributed by atoms with van der Waals surface area (Å²) >= 11 is 0. The number of carbonyl (C=O) groups excluding carboxylic acids is 1. The first-order valence-corrected chi connectivity index (χ1v) is 20.6. The van der Waals surface area contributed by atoms with Crippen LogP contribution < -0.4 is 0 Å². The minimum Gasteiger partial charge on any atom is -0.459 e. The van der Waals surface area contributed by atoms with Crippen LogP contribution in [-0.2, 0) is 23.7 Å². The predicted molar refractivity (Wildman–Crippen MR) is 207 cm³/mol. The van der Waals surface area contributed by atoms with E-state index in [1.54, 1.807) is 26.8 Å². The lowest BCUT2D eigenvalue weighted by Gasteiger charge is -2.52. The Labute approximate surface area is 320 Å². The van der Waals surface area contributed by atoms with Gasteiger partial charge in [-0.05, 0) is 83.0 Å². The largest absolute Gasteiger partial charge is 0.459 e. The molecule has 16 unspecified atom stereocenters. The molecule has 0 aromatic rings. The van der Waals surface area contributed by atoms with E-state index < -0.39 is 66.3 Å². The fourth-order valence-corrected chi connectivity index (χ4v) is 8.47. The number of hydrogen-bond acceptors (Lipinski definition) is 10. The van der Waals surface area contributed by atoms with Crippen LogP contribution in [0.3, 0.4) is 0 Å². The Hall–Kier alpha value is -1.63. The first-order valence-electron chi connectivity index (χ1n) is 20.6. The Morgan fingerprint density at radius 3 is 2.21 bits per heavy atom. The van der Waals surface area contributed by atoms with Crippen molar-refractivity contribution in [3.63, 3.8) is 0 Å². The molecule has 3 heterocycles. The molecule has 10 heteroatoms. The maximum absolute atomic E-state index is 13.5. The van der Waals surface area contributed by atoms with E-state index in [0.29, 0.717) is 38.0 Å². The summed E-state index contributed by atoms with van der Waals surface area (Å²) in [5.74, 6) is -2.24. The second-order valence-corrected chi connectivity index (χ2v) is 16.7. The van der Waals surface area contributed by atoms with Crippen molar-refractivity contribution in [3.8, 4) is 0 Å². The molecule has 0 amide bonds. The molecule has 0 saturated carbocycles. The third-order valence-corrected chi connectivity index (χ3v) is 12.5. The highest BCUT2D eigenvalue weighted by Crippen LogP contribution is 2.46. The van der Waals surface area contributed by atoms with E-state index in [0.717, 1.165) is 32.1 Å². The Morgan fingerprint density at radius 1 is 0.868 bits per heavy atom. The summed E-state index contributed by atoms with van der Waals surface area (Å²) in [6.45, 7) is 13.6. The molecule has 5 N–H and O–H groups in total. The normalized spacial score (nSPS) is 42.6. The number of rotatable bonds is 5. The highest BCUT2D eigenvalue weighted by atomic mass is 16.7. The zero-order valence-electron chi connectivity index (χ0n) is 33.9. The summed E-state index contributed by atoms with van der Waals surface area (Å²) in [4.78, 5) is 13.5. The molecular formula is C43H74O10. The molecule has 2 saturated heterocycles. The number of esters is 1. The number of aliphatic hydroxyl groups is 5. The van der Waals surface area contributed by atoms with Gasteiger partial charge < -0.3 is 44.5 Å². The van der Waals surface area contributed by atoms with E-state index in [-0.39, 0.29) is 42.8 Å². The molecule has 10 nitrogen and oxygen atoms in total. The van der Waals surface area contributed by atoms with E-state index in [1.807, 2.05) is 19.1 Å². The molecule has 3 aliphatic rings. The third kappa shape index (κ3) is 13.8. The van der Waals surface area contributed by atoms with E-state index in [9.17, 15) is 30.3 Å². The lowest BCUT2D eigenvalue weighted by atomic mass is 9.78. The van der Waals surface area contributed by atoms with Gasteiger partial charge in [-0.25, -0.2) is 4.79 Å². The van der Waals surface area contributed by atoms with Crippen LogP contribution in [0.25, 0.3) is 0 Å². The second-order valence-electron chi connectivity index (χ2n) is 16.7. The molecule has 3 rings (SSSR count). The fraction of sp³-hybridized carbons (Fsp3) is 0.837. The van der Waals surface area contributed by atoms with Crippen LogP contribution >= 0.6 is 0 Å². The molecule has 0 aliphatic carbocycles. The lowest BCUT2D eigenvalue weighted by molar-refractivity contribution is -0.349. The lowest BCUT2D eigenvalue weighted by Crippen LogP contribution is -2.57. The third-order valence-electron chi connectivity index (χ3n) is 12.5. The summed E-state index contributed by atoms with van der Waals surface area (Å²) in [6, 6.07) is 0. The molecule has 306 valence electrons. The molecule has 0 aromatic heterocycles. The molecule has 0 radical (unpaired) electrons. The molecular weight excluding hydrogens is 676 g/mol. The highest BCUT2D eigenvalue weighted by Gasteiger charge is 2.52. The quantitative estimate of drug-likeness (QED) is 0.199. The van der Waals surface area contributed by atoms with Crippen molar-refractivity contribution in [1.29, 1.82) is 0 Å². The zero-order valence-corrected chi connectivity index (χ0v) is 33.9. The number of carbonyl (C=O) groups is 1. The van der Waals surface area contributed by atoms with Gasteiger partial charge in [-0.15, -0.1) is 0 Å². The van der Waals surface area contributed by atoms with Gasteiger partial charge in [0.2, 0.25) is 0 Å². The van der Waals surface area contributed by atoms with E-state index in [1.165, 1.54) is 13.2 Å². The topological polar surface area (TPSA) is 155 Å². The molecule has 0 aromatic carbocycles. The van der Waals surface area contributed by atoms with Gasteiger partial charge in [-0.2, -0.15) is 0 Å². The smallest absolute Gasteiger partial charge is 0.330 e. The van der Waals surface area contributed by atoms with Gasteiger partial charge in [-0.1, -0.05) is 71.9 Å². The average Bonchev–Trinajstić information content (AvgIpc) is 3.12. The van der Waals surface area contributed by atoms with Crippen molar-refractivity contribution >= 4 is 5.97 Å². The SMILES string of the molecule is CCC1C=CC=CCCC(O)C(C)C(O)CC(OC)CC(O)C(C)C(O)C(C)C=CC(=O)OC2CC3(CCC(C)C(CC(C)O)O3)OC(CC1)C2CC. The number of ether oxygens (including phenoxy) is 4.